The van der Waals surface area contributed by atoms with Gasteiger partial charge in [0.05, 0.1) is 0 Å². The van der Waals surface area contributed by atoms with Gasteiger partial charge >= 0.3 is 11.9 Å². The number of rotatable bonds is 12. The normalized spacial score (nSPS) is 10.9. The molecule has 0 amide bonds. The lowest BCUT2D eigenvalue weighted by atomic mass is 9.92. The average molecular weight is 569 g/mol. The molecule has 0 unspecified atom stereocenters. The van der Waals surface area contributed by atoms with Crippen LogP contribution in [0.1, 0.15) is 38.9 Å². The van der Waals surface area contributed by atoms with Crippen LogP contribution in [0.5, 0.6) is 0 Å². The summed E-state index contributed by atoms with van der Waals surface area (Å²) in [7, 11) is 0. The van der Waals surface area contributed by atoms with Crippen molar-refractivity contribution < 1.29 is 19.1 Å². The molecule has 0 aliphatic heterocycles. The topological polar surface area (TPSA) is 52.6 Å². The van der Waals surface area contributed by atoms with Crippen LogP contribution in [0.3, 0.4) is 0 Å². The molecule has 4 heteroatoms. The first-order valence-electron chi connectivity index (χ1n) is 14.6. The van der Waals surface area contributed by atoms with Crippen LogP contribution in [0.25, 0.3) is 21.5 Å². The number of carbonyl (C=O) groups excluding carboxylic acids is 2. The lowest BCUT2D eigenvalue weighted by Crippen LogP contribution is -2.02. The summed E-state index contributed by atoms with van der Waals surface area (Å²) in [5, 5.41) is 4.62. The van der Waals surface area contributed by atoms with Gasteiger partial charge in [0.15, 0.2) is 0 Å². The van der Waals surface area contributed by atoms with E-state index in [9.17, 15) is 9.59 Å². The molecule has 216 valence electrons. The fraction of sp³-hybridized carbons (Fsp3) is 0.179. The van der Waals surface area contributed by atoms with E-state index < -0.39 is 11.9 Å². The zero-order chi connectivity index (χ0) is 30.2. The summed E-state index contributed by atoms with van der Waals surface area (Å²) >= 11 is 0. The van der Waals surface area contributed by atoms with Gasteiger partial charge in [0, 0.05) is 12.2 Å². The van der Waals surface area contributed by atoms with Crippen LogP contribution < -0.4 is 0 Å². The van der Waals surface area contributed by atoms with Gasteiger partial charge in [-0.2, -0.15) is 0 Å². The zero-order valence-corrected chi connectivity index (χ0v) is 24.6. The molecule has 0 saturated heterocycles. The van der Waals surface area contributed by atoms with Gasteiger partial charge in [-0.3, -0.25) is 0 Å². The Morgan fingerprint density at radius 2 is 0.953 bits per heavy atom. The van der Waals surface area contributed by atoms with E-state index in [-0.39, 0.29) is 13.2 Å². The van der Waals surface area contributed by atoms with E-state index in [4.69, 9.17) is 9.47 Å². The van der Waals surface area contributed by atoms with Crippen LogP contribution in [0, 0.1) is 6.92 Å². The molecule has 5 aromatic carbocycles. The van der Waals surface area contributed by atoms with Gasteiger partial charge in [-0.05, 0) is 93.1 Å². The average Bonchev–Trinajstić information content (AvgIpc) is 3.05. The highest BCUT2D eigenvalue weighted by molar-refractivity contribution is 5.90. The van der Waals surface area contributed by atoms with Crippen molar-refractivity contribution in [3.63, 3.8) is 0 Å². The Balaban J connectivity index is 1.26. The molecule has 5 rings (SSSR count). The summed E-state index contributed by atoms with van der Waals surface area (Å²) in [6.45, 7) is 9.61. The van der Waals surface area contributed by atoms with Crippen molar-refractivity contribution in [1.29, 1.82) is 0 Å². The van der Waals surface area contributed by atoms with Crippen LogP contribution in [0.2, 0.25) is 0 Å². The largest absolute Gasteiger partial charge is 0.458 e. The van der Waals surface area contributed by atoms with Crippen molar-refractivity contribution in [3.05, 3.63) is 155 Å². The Morgan fingerprint density at radius 3 is 1.42 bits per heavy atom. The predicted octanol–water partition coefficient (Wildman–Crippen LogP) is 8.33. The minimum absolute atomic E-state index is 0.233. The number of fused-ring (bicyclic) bond motifs is 2. The molecule has 0 radical (unpaired) electrons. The maximum Gasteiger partial charge on any atom is 0.330 e. The summed E-state index contributed by atoms with van der Waals surface area (Å²) in [4.78, 5) is 23.1. The van der Waals surface area contributed by atoms with Crippen molar-refractivity contribution in [3.8, 4) is 0 Å². The first-order chi connectivity index (χ1) is 21.0. The third-order valence-corrected chi connectivity index (χ3v) is 8.04. The molecule has 5 aromatic rings. The van der Waals surface area contributed by atoms with Crippen molar-refractivity contribution in [2.45, 2.75) is 45.8 Å². The summed E-state index contributed by atoms with van der Waals surface area (Å²) in [5.74, 6) is -0.830. The molecule has 0 aliphatic rings. The lowest BCUT2D eigenvalue weighted by Gasteiger charge is -2.14. The fourth-order valence-electron chi connectivity index (χ4n) is 5.69. The maximum absolute atomic E-state index is 11.6. The summed E-state index contributed by atoms with van der Waals surface area (Å²) in [6.07, 6.45) is 6.12. The van der Waals surface area contributed by atoms with Crippen molar-refractivity contribution in [2.24, 2.45) is 0 Å². The monoisotopic (exact) mass is 568 g/mol. The summed E-state index contributed by atoms with van der Waals surface area (Å²) < 4.78 is 10.6. The summed E-state index contributed by atoms with van der Waals surface area (Å²) in [5.41, 5.74) is 8.53. The molecule has 0 saturated carbocycles. The molecule has 4 nitrogen and oxygen atoms in total. The standard InChI is InChI=1S/C39H36O4/c1-4-38(40)42-25-32-22-20-30(34-10-6-8-12-36(32)34)17-15-28-14-16-29(27(3)24-28)18-19-31-21-23-33(26-43-39(41)5-2)37-13-9-7-11-35(31)37/h4-14,16,20-24H,1-2,15,17-19,25-26H2,3H3. The molecule has 0 aliphatic carbocycles. The van der Waals surface area contributed by atoms with Crippen LogP contribution in [-0.2, 0) is 58.0 Å². The number of carbonyl (C=O) groups is 2. The molecule has 0 spiro atoms. The van der Waals surface area contributed by atoms with Gasteiger partial charge < -0.3 is 9.47 Å². The van der Waals surface area contributed by atoms with Gasteiger partial charge in [0.1, 0.15) is 13.2 Å². The highest BCUT2D eigenvalue weighted by Crippen LogP contribution is 2.27. The smallest absolute Gasteiger partial charge is 0.330 e. The first-order valence-corrected chi connectivity index (χ1v) is 14.6. The second-order valence-electron chi connectivity index (χ2n) is 10.7. The third-order valence-electron chi connectivity index (χ3n) is 8.04. The van der Waals surface area contributed by atoms with Crippen LogP contribution >= 0.6 is 0 Å². The molecule has 0 aromatic heterocycles. The van der Waals surface area contributed by atoms with E-state index in [1.807, 2.05) is 12.1 Å². The van der Waals surface area contributed by atoms with E-state index in [0.29, 0.717) is 0 Å². The zero-order valence-electron chi connectivity index (χ0n) is 24.6. The van der Waals surface area contributed by atoms with Gasteiger partial charge in [-0.25, -0.2) is 9.59 Å². The number of esters is 2. The van der Waals surface area contributed by atoms with Crippen LogP contribution in [0.15, 0.2) is 116 Å². The summed E-state index contributed by atoms with van der Waals surface area (Å²) in [6, 6.07) is 31.9. The van der Waals surface area contributed by atoms with E-state index >= 15 is 0 Å². The van der Waals surface area contributed by atoms with E-state index in [0.717, 1.165) is 47.6 Å². The highest BCUT2D eigenvalue weighted by atomic mass is 16.5. The van der Waals surface area contributed by atoms with Gasteiger partial charge in [-0.15, -0.1) is 0 Å². The minimum Gasteiger partial charge on any atom is -0.458 e. The molecular formula is C39H36O4. The molecule has 43 heavy (non-hydrogen) atoms. The van der Waals surface area contributed by atoms with Crippen LogP contribution in [-0.4, -0.2) is 11.9 Å². The third kappa shape index (κ3) is 7.10. The molecule has 0 atom stereocenters. The second kappa shape index (κ2) is 13.8. The van der Waals surface area contributed by atoms with E-state index in [2.05, 4.69) is 98.9 Å². The predicted molar refractivity (Wildman–Crippen MR) is 174 cm³/mol. The number of ether oxygens (including phenoxy) is 2. The van der Waals surface area contributed by atoms with Crippen molar-refractivity contribution in [1.82, 2.24) is 0 Å². The number of hydrogen-bond acceptors (Lipinski definition) is 4. The van der Waals surface area contributed by atoms with Gasteiger partial charge in [0.25, 0.3) is 0 Å². The molecule has 0 N–H and O–H groups in total. The number of hydrogen-bond donors (Lipinski definition) is 0. The van der Waals surface area contributed by atoms with E-state index in [1.54, 1.807) is 0 Å². The van der Waals surface area contributed by atoms with Gasteiger partial charge in [-0.1, -0.05) is 104 Å². The highest BCUT2D eigenvalue weighted by Gasteiger charge is 2.11. The molecule has 0 heterocycles. The van der Waals surface area contributed by atoms with Gasteiger partial charge in [0.2, 0.25) is 0 Å². The quantitative estimate of drug-likeness (QED) is 0.112. The number of benzene rings is 5. The Morgan fingerprint density at radius 1 is 0.558 bits per heavy atom. The Labute approximate surface area is 253 Å². The Kier molecular flexibility index (Phi) is 9.48. The molecular weight excluding hydrogens is 532 g/mol. The Hall–Kier alpha value is -4.96. The SMILES string of the molecule is C=CC(=O)OCc1ccc(CCc2ccc(CCc3ccc(COC(=O)C=C)c4ccccc34)c(C)c2)c2ccccc12. The van der Waals surface area contributed by atoms with Crippen LogP contribution in [0.4, 0.5) is 0 Å². The molecule has 0 bridgehead atoms. The minimum atomic E-state index is -0.415. The molecule has 0 fully saturated rings. The second-order valence-corrected chi connectivity index (χ2v) is 10.7. The maximum atomic E-state index is 11.6. The number of aryl methyl sites for hydroxylation is 5. The first kappa shape index (κ1) is 29.5. The van der Waals surface area contributed by atoms with Crippen molar-refractivity contribution >= 4 is 33.5 Å². The fourth-order valence-corrected chi connectivity index (χ4v) is 5.69. The van der Waals surface area contributed by atoms with Crippen molar-refractivity contribution in [2.75, 3.05) is 0 Å². The Bertz CT molecular complexity index is 1810. The van der Waals surface area contributed by atoms with E-state index in [1.165, 1.54) is 50.7 Å². The lowest BCUT2D eigenvalue weighted by molar-refractivity contribution is -0.139.